The Bertz CT molecular complexity index is 1140. The molecule has 2 aromatic heterocycles. The Kier molecular flexibility index (Phi) is 8.15. The number of alkyl halides is 3. The van der Waals surface area contributed by atoms with Gasteiger partial charge in [-0.05, 0) is 30.9 Å². The average Bonchev–Trinajstić information content (AvgIpc) is 2.79. The van der Waals surface area contributed by atoms with Crippen molar-refractivity contribution in [2.75, 3.05) is 43.9 Å². The highest BCUT2D eigenvalue weighted by Gasteiger charge is 2.31. The molecule has 2 aromatic rings. The predicted molar refractivity (Wildman–Crippen MR) is 121 cm³/mol. The van der Waals surface area contributed by atoms with Crippen molar-refractivity contribution in [2.45, 2.75) is 23.3 Å². The van der Waals surface area contributed by atoms with E-state index in [9.17, 15) is 27.9 Å². The molecule has 1 aliphatic rings. The maximum atomic E-state index is 12.8. The molecule has 186 valence electrons. The molecule has 1 aliphatic heterocycles. The van der Waals surface area contributed by atoms with Crippen LogP contribution in [-0.4, -0.2) is 82.7 Å². The maximum absolute atomic E-state index is 12.8. The molecule has 14 heteroatoms. The lowest BCUT2D eigenvalue weighted by Gasteiger charge is -2.32. The monoisotopic (exact) mass is 509 g/mol. The summed E-state index contributed by atoms with van der Waals surface area (Å²) in [7, 11) is 3.30. The van der Waals surface area contributed by atoms with Gasteiger partial charge in [0.25, 0.3) is 0 Å². The van der Waals surface area contributed by atoms with Gasteiger partial charge in [0.05, 0.1) is 12.1 Å². The number of piperazine rings is 1. The summed E-state index contributed by atoms with van der Waals surface area (Å²) in [6.45, 7) is 1.73. The quantitative estimate of drug-likeness (QED) is 0.309. The first-order valence-corrected chi connectivity index (χ1v) is 11.1. The minimum absolute atomic E-state index is 0.0608. The van der Waals surface area contributed by atoms with Crippen LogP contribution in [0.3, 0.4) is 0 Å². The first-order chi connectivity index (χ1) is 16.5. The van der Waals surface area contributed by atoms with Gasteiger partial charge in [0, 0.05) is 43.3 Å². The molecular weight excluding hydrogens is 487 g/mol. The number of aromatic nitrogens is 2. The van der Waals surface area contributed by atoms with E-state index in [4.69, 9.17) is 5.26 Å². The molecule has 3 rings (SSSR count). The number of hydrogen-bond donors (Lipinski definition) is 2. The first kappa shape index (κ1) is 26.2. The van der Waals surface area contributed by atoms with Gasteiger partial charge in [-0.2, -0.15) is 18.4 Å². The second-order valence-electron chi connectivity index (χ2n) is 7.74. The summed E-state index contributed by atoms with van der Waals surface area (Å²) in [5, 5.41) is 22.1. The zero-order valence-corrected chi connectivity index (χ0v) is 19.6. The number of carbonyl (C=O) groups is 2. The van der Waals surface area contributed by atoms with Crippen LogP contribution in [0.15, 0.2) is 29.3 Å². The van der Waals surface area contributed by atoms with Crippen LogP contribution in [0.4, 0.5) is 24.8 Å². The molecule has 2 N–H and O–H groups in total. The third kappa shape index (κ3) is 6.81. The second-order valence-corrected chi connectivity index (χ2v) is 8.85. The topological polar surface area (TPSA) is 126 Å². The van der Waals surface area contributed by atoms with Crippen LogP contribution >= 0.6 is 11.8 Å². The molecule has 0 aliphatic carbocycles. The zero-order chi connectivity index (χ0) is 25.8. The SMILES string of the molecule is CN1CCN(Cc2ccc(N(C)C(O)Nc3cc(SC(F)(F)F)c(C#N)cn3)nc2C=O)C(=O)C1. The van der Waals surface area contributed by atoms with Crippen LogP contribution in [0.1, 0.15) is 21.6 Å². The van der Waals surface area contributed by atoms with Gasteiger partial charge in [-0.1, -0.05) is 6.07 Å². The summed E-state index contributed by atoms with van der Waals surface area (Å²) >= 11 is -0.461. The number of aliphatic hydroxyl groups is 1. The fraction of sp³-hybridized carbons (Fsp3) is 0.381. The van der Waals surface area contributed by atoms with Crippen molar-refractivity contribution in [2.24, 2.45) is 0 Å². The number of rotatable bonds is 8. The molecule has 1 amide bonds. The number of anilines is 2. The molecule has 1 atom stereocenters. The lowest BCUT2D eigenvalue weighted by molar-refractivity contribution is -0.136. The van der Waals surface area contributed by atoms with E-state index in [2.05, 4.69) is 15.3 Å². The van der Waals surface area contributed by atoms with Crippen molar-refractivity contribution in [3.63, 3.8) is 0 Å². The highest BCUT2D eigenvalue weighted by molar-refractivity contribution is 8.00. The van der Waals surface area contributed by atoms with Crippen LogP contribution in [0, 0.1) is 11.3 Å². The standard InChI is InChI=1S/C21H22F3N7O3S/c1-29-5-6-31(19(33)11-29)10-13-3-4-18(27-15(13)12-32)30(2)20(34)28-17-7-16(35-21(22,23)24)14(8-25)9-26-17/h3-4,7,9,12,20,34H,5-6,10-11H2,1-2H3,(H,26,28). The van der Waals surface area contributed by atoms with Crippen molar-refractivity contribution in [1.82, 2.24) is 19.8 Å². The number of likely N-dealkylation sites (N-methyl/N-ethyl adjacent to an activating group) is 1. The van der Waals surface area contributed by atoms with Crippen molar-refractivity contribution in [3.05, 3.63) is 41.2 Å². The Hall–Kier alpha value is -3.41. The van der Waals surface area contributed by atoms with Crippen molar-refractivity contribution in [3.8, 4) is 6.07 Å². The van der Waals surface area contributed by atoms with E-state index in [1.807, 2.05) is 11.9 Å². The van der Waals surface area contributed by atoms with Crippen LogP contribution in [-0.2, 0) is 11.3 Å². The van der Waals surface area contributed by atoms with Crippen molar-refractivity contribution >= 4 is 35.6 Å². The minimum atomic E-state index is -4.61. The van der Waals surface area contributed by atoms with Gasteiger partial charge in [0.2, 0.25) is 12.3 Å². The minimum Gasteiger partial charge on any atom is -0.356 e. The number of carbonyl (C=O) groups excluding carboxylic acids is 2. The lowest BCUT2D eigenvalue weighted by atomic mass is 10.1. The Morgan fingerprint density at radius 3 is 2.77 bits per heavy atom. The Morgan fingerprint density at radius 2 is 2.14 bits per heavy atom. The molecule has 35 heavy (non-hydrogen) atoms. The number of nitrogens with zero attached hydrogens (tertiary/aromatic N) is 6. The van der Waals surface area contributed by atoms with E-state index in [0.29, 0.717) is 24.9 Å². The summed E-state index contributed by atoms with van der Waals surface area (Å²) in [4.78, 5) is 36.4. The molecule has 1 unspecified atom stereocenters. The van der Waals surface area contributed by atoms with Crippen LogP contribution < -0.4 is 10.2 Å². The number of halogens is 3. The summed E-state index contributed by atoms with van der Waals surface area (Å²) in [5.41, 5.74) is -4.23. The van der Waals surface area contributed by atoms with Gasteiger partial charge >= 0.3 is 5.51 Å². The number of aliphatic hydroxyl groups excluding tert-OH is 1. The largest absolute Gasteiger partial charge is 0.446 e. The molecule has 3 heterocycles. The molecular formula is C21H22F3N7O3S. The van der Waals surface area contributed by atoms with E-state index in [1.54, 1.807) is 23.1 Å². The molecule has 0 aromatic carbocycles. The summed E-state index contributed by atoms with van der Waals surface area (Å²) in [5.74, 6) is 0.0318. The van der Waals surface area contributed by atoms with E-state index in [-0.39, 0.29) is 46.8 Å². The smallest absolute Gasteiger partial charge is 0.356 e. The summed E-state index contributed by atoms with van der Waals surface area (Å²) < 4.78 is 38.4. The van der Waals surface area contributed by atoms with Gasteiger partial charge in [-0.3, -0.25) is 14.5 Å². The van der Waals surface area contributed by atoms with E-state index in [0.717, 1.165) is 12.3 Å². The van der Waals surface area contributed by atoms with E-state index >= 15 is 0 Å². The van der Waals surface area contributed by atoms with Crippen molar-refractivity contribution in [1.29, 1.82) is 5.26 Å². The summed E-state index contributed by atoms with van der Waals surface area (Å²) in [6, 6.07) is 5.82. The normalized spacial score (nSPS) is 15.5. The third-order valence-electron chi connectivity index (χ3n) is 5.20. The number of nitrogens with one attached hydrogen (secondary N) is 1. The highest BCUT2D eigenvalue weighted by Crippen LogP contribution is 2.39. The molecule has 1 saturated heterocycles. The fourth-order valence-electron chi connectivity index (χ4n) is 3.29. The predicted octanol–water partition coefficient (Wildman–Crippen LogP) is 1.87. The Balaban J connectivity index is 1.74. The maximum Gasteiger partial charge on any atom is 0.446 e. The van der Waals surface area contributed by atoms with Gasteiger partial charge in [0.1, 0.15) is 23.4 Å². The number of nitriles is 1. The Labute approximate surface area is 203 Å². The molecule has 0 spiro atoms. The van der Waals surface area contributed by atoms with E-state index < -0.39 is 23.6 Å². The number of aldehydes is 1. The average molecular weight is 510 g/mol. The van der Waals surface area contributed by atoms with Gasteiger partial charge < -0.3 is 20.2 Å². The molecule has 0 saturated carbocycles. The zero-order valence-electron chi connectivity index (χ0n) is 18.8. The number of hydrogen-bond acceptors (Lipinski definition) is 10. The fourth-order valence-corrected chi connectivity index (χ4v) is 3.92. The van der Waals surface area contributed by atoms with Crippen LogP contribution in [0.5, 0.6) is 0 Å². The first-order valence-electron chi connectivity index (χ1n) is 10.3. The second kappa shape index (κ2) is 10.9. The highest BCUT2D eigenvalue weighted by atomic mass is 32.2. The van der Waals surface area contributed by atoms with Crippen LogP contribution in [0.2, 0.25) is 0 Å². The molecule has 0 bridgehead atoms. The number of amides is 1. The molecule has 1 fully saturated rings. The van der Waals surface area contributed by atoms with Crippen molar-refractivity contribution < 1.29 is 27.9 Å². The lowest BCUT2D eigenvalue weighted by Crippen LogP contribution is -2.48. The Morgan fingerprint density at radius 1 is 1.40 bits per heavy atom. The van der Waals surface area contributed by atoms with Crippen LogP contribution in [0.25, 0.3) is 0 Å². The summed E-state index contributed by atoms with van der Waals surface area (Å²) in [6.07, 6.45) is 0.0483. The van der Waals surface area contributed by atoms with Gasteiger partial charge in [-0.15, -0.1) is 0 Å². The van der Waals surface area contributed by atoms with Gasteiger partial charge in [0.15, 0.2) is 6.29 Å². The molecule has 0 radical (unpaired) electrons. The van der Waals surface area contributed by atoms with Gasteiger partial charge in [-0.25, -0.2) is 9.97 Å². The van der Waals surface area contributed by atoms with E-state index in [1.165, 1.54) is 11.9 Å². The third-order valence-corrected chi connectivity index (χ3v) is 5.99. The number of thioether (sulfide) groups is 1. The molecule has 10 nitrogen and oxygen atoms in total. The number of pyridine rings is 2.